The third-order valence-corrected chi connectivity index (χ3v) is 4.95. The number of carbonyl (C=O) groups is 2. The van der Waals surface area contributed by atoms with Crippen LogP contribution in [0, 0.1) is 0 Å². The van der Waals surface area contributed by atoms with E-state index in [1.54, 1.807) is 24.3 Å². The van der Waals surface area contributed by atoms with E-state index in [-0.39, 0.29) is 18.7 Å². The molecule has 1 heterocycles. The van der Waals surface area contributed by atoms with Crippen LogP contribution in [-0.4, -0.2) is 16.8 Å². The second-order valence-corrected chi connectivity index (χ2v) is 7.21. The number of anilines is 1. The lowest BCUT2D eigenvalue weighted by Crippen LogP contribution is -2.41. The highest BCUT2D eigenvalue weighted by atomic mass is 79.9. The van der Waals surface area contributed by atoms with Gasteiger partial charge in [0.1, 0.15) is 5.78 Å². The van der Waals surface area contributed by atoms with Gasteiger partial charge in [-0.1, -0.05) is 45.7 Å². The van der Waals surface area contributed by atoms with Gasteiger partial charge in [-0.2, -0.15) is 0 Å². The first-order valence-corrected chi connectivity index (χ1v) is 8.57. The Balaban J connectivity index is 2.08. The second-order valence-electron chi connectivity index (χ2n) is 5.88. The van der Waals surface area contributed by atoms with E-state index in [0.29, 0.717) is 16.3 Å². The van der Waals surface area contributed by atoms with Gasteiger partial charge in [0.05, 0.1) is 12.2 Å². The summed E-state index contributed by atoms with van der Waals surface area (Å²) in [6.07, 6.45) is -0.256. The molecule has 2 aromatic rings. The Labute approximate surface area is 153 Å². The SMILES string of the molecule is CC(=O)C[C@]1(O)C(=O)N(Cc2ccccc2Cl)c2ccc(Br)cc21. The molecular weight excluding hydrogens is 394 g/mol. The van der Waals surface area contributed by atoms with Crippen molar-refractivity contribution in [1.82, 2.24) is 0 Å². The Bertz CT molecular complexity index is 839. The van der Waals surface area contributed by atoms with Crippen LogP contribution >= 0.6 is 27.5 Å². The highest BCUT2D eigenvalue weighted by molar-refractivity contribution is 9.10. The van der Waals surface area contributed by atoms with E-state index >= 15 is 0 Å². The number of ketones is 1. The number of aliphatic hydroxyl groups is 1. The molecule has 3 rings (SSSR count). The molecule has 6 heteroatoms. The first-order chi connectivity index (χ1) is 11.3. The van der Waals surface area contributed by atoms with Gasteiger partial charge in [0, 0.05) is 21.5 Å². The van der Waals surface area contributed by atoms with Crippen molar-refractivity contribution in [2.24, 2.45) is 0 Å². The van der Waals surface area contributed by atoms with Gasteiger partial charge in [0.25, 0.3) is 5.91 Å². The molecule has 0 spiro atoms. The largest absolute Gasteiger partial charge is 0.375 e. The molecule has 0 fully saturated rings. The Hall–Kier alpha value is -1.69. The molecule has 4 nitrogen and oxygen atoms in total. The number of benzene rings is 2. The number of hydrogen-bond donors (Lipinski definition) is 1. The lowest BCUT2D eigenvalue weighted by atomic mass is 9.90. The Morgan fingerprint density at radius 2 is 2.00 bits per heavy atom. The van der Waals surface area contributed by atoms with Crippen molar-refractivity contribution in [1.29, 1.82) is 0 Å². The lowest BCUT2D eigenvalue weighted by Gasteiger charge is -2.22. The molecule has 0 saturated carbocycles. The number of rotatable bonds is 4. The van der Waals surface area contributed by atoms with Crippen molar-refractivity contribution in [3.63, 3.8) is 0 Å². The Morgan fingerprint density at radius 3 is 2.67 bits per heavy atom. The molecule has 0 unspecified atom stereocenters. The van der Waals surface area contributed by atoms with Crippen molar-refractivity contribution in [2.45, 2.75) is 25.5 Å². The number of carbonyl (C=O) groups excluding carboxylic acids is 2. The molecule has 0 aliphatic carbocycles. The zero-order valence-corrected chi connectivity index (χ0v) is 15.3. The Kier molecular flexibility index (Phi) is 4.51. The van der Waals surface area contributed by atoms with E-state index in [2.05, 4.69) is 15.9 Å². The van der Waals surface area contributed by atoms with Gasteiger partial charge in [-0.25, -0.2) is 0 Å². The van der Waals surface area contributed by atoms with Crippen molar-refractivity contribution in [3.05, 3.63) is 63.1 Å². The maximum absolute atomic E-state index is 12.9. The smallest absolute Gasteiger partial charge is 0.264 e. The molecular formula is C18H15BrClNO3. The van der Waals surface area contributed by atoms with E-state index in [1.165, 1.54) is 11.8 Å². The van der Waals surface area contributed by atoms with Gasteiger partial charge >= 0.3 is 0 Å². The molecule has 1 aliphatic heterocycles. The van der Waals surface area contributed by atoms with Crippen LogP contribution in [0.5, 0.6) is 0 Å². The highest BCUT2D eigenvalue weighted by Crippen LogP contribution is 2.44. The molecule has 2 aromatic carbocycles. The molecule has 124 valence electrons. The van der Waals surface area contributed by atoms with Crippen molar-refractivity contribution < 1.29 is 14.7 Å². The summed E-state index contributed by atoms with van der Waals surface area (Å²) in [5.41, 5.74) is -0.0453. The monoisotopic (exact) mass is 407 g/mol. The van der Waals surface area contributed by atoms with Gasteiger partial charge in [-0.3, -0.25) is 9.59 Å². The molecule has 0 aromatic heterocycles. The van der Waals surface area contributed by atoms with E-state index in [0.717, 1.165) is 10.0 Å². The van der Waals surface area contributed by atoms with E-state index in [1.807, 2.05) is 18.2 Å². The average molecular weight is 409 g/mol. The minimum absolute atomic E-state index is 0.230. The summed E-state index contributed by atoms with van der Waals surface area (Å²) in [4.78, 5) is 26.0. The van der Waals surface area contributed by atoms with E-state index < -0.39 is 11.5 Å². The molecule has 24 heavy (non-hydrogen) atoms. The molecule has 0 radical (unpaired) electrons. The first kappa shape index (κ1) is 17.1. The number of amides is 1. The summed E-state index contributed by atoms with van der Waals surface area (Å²) in [5, 5.41) is 11.5. The van der Waals surface area contributed by atoms with E-state index in [9.17, 15) is 14.7 Å². The number of Topliss-reactive ketones (excluding diaryl/α,β-unsaturated/α-hetero) is 1. The summed E-state index contributed by atoms with van der Waals surface area (Å²) >= 11 is 9.55. The lowest BCUT2D eigenvalue weighted by molar-refractivity contribution is -0.141. The number of fused-ring (bicyclic) bond motifs is 1. The number of hydrogen-bond acceptors (Lipinski definition) is 3. The van der Waals surface area contributed by atoms with Crippen LogP contribution in [0.3, 0.4) is 0 Å². The molecule has 0 saturated heterocycles. The van der Waals surface area contributed by atoms with Gasteiger partial charge in [0.15, 0.2) is 5.60 Å². The topological polar surface area (TPSA) is 57.6 Å². The zero-order valence-electron chi connectivity index (χ0n) is 12.9. The second kappa shape index (κ2) is 6.31. The Morgan fingerprint density at radius 1 is 1.29 bits per heavy atom. The van der Waals surface area contributed by atoms with Crippen LogP contribution in [0.2, 0.25) is 5.02 Å². The minimum atomic E-state index is -1.84. The fourth-order valence-corrected chi connectivity index (χ4v) is 3.56. The van der Waals surface area contributed by atoms with Crippen LogP contribution in [-0.2, 0) is 21.7 Å². The normalized spacial score (nSPS) is 19.5. The van der Waals surface area contributed by atoms with Gasteiger partial charge in [0.2, 0.25) is 0 Å². The maximum atomic E-state index is 12.9. The van der Waals surface area contributed by atoms with Crippen LogP contribution < -0.4 is 4.90 Å². The molecule has 1 N–H and O–H groups in total. The van der Waals surface area contributed by atoms with Crippen molar-refractivity contribution in [3.8, 4) is 0 Å². The van der Waals surface area contributed by atoms with Crippen molar-refractivity contribution >= 4 is 44.9 Å². The van der Waals surface area contributed by atoms with Crippen LogP contribution in [0.25, 0.3) is 0 Å². The summed E-state index contributed by atoms with van der Waals surface area (Å²) in [5.74, 6) is -0.762. The van der Waals surface area contributed by atoms with Crippen LogP contribution in [0.1, 0.15) is 24.5 Å². The number of halogens is 2. The van der Waals surface area contributed by atoms with Gasteiger partial charge in [-0.05, 0) is 36.8 Å². The number of nitrogens with zero attached hydrogens (tertiary/aromatic N) is 1. The van der Waals surface area contributed by atoms with Crippen LogP contribution in [0.4, 0.5) is 5.69 Å². The molecule has 1 aliphatic rings. The van der Waals surface area contributed by atoms with Gasteiger partial charge < -0.3 is 10.0 Å². The average Bonchev–Trinajstić information content (AvgIpc) is 2.71. The first-order valence-electron chi connectivity index (χ1n) is 7.40. The standard InChI is InChI=1S/C18H15BrClNO3/c1-11(22)9-18(24)14-8-13(19)6-7-16(14)21(17(18)23)10-12-4-2-3-5-15(12)20/h2-8,24H,9-10H2,1H3/t18-/m1/s1. The maximum Gasteiger partial charge on any atom is 0.264 e. The quantitative estimate of drug-likeness (QED) is 0.837. The molecule has 0 bridgehead atoms. The predicted octanol–water partition coefficient (Wildman–Crippen LogP) is 3.82. The zero-order chi connectivity index (χ0) is 17.5. The van der Waals surface area contributed by atoms with Crippen LogP contribution in [0.15, 0.2) is 46.9 Å². The summed E-state index contributed by atoms with van der Waals surface area (Å²) in [7, 11) is 0. The summed E-state index contributed by atoms with van der Waals surface area (Å²) in [6, 6.07) is 12.5. The van der Waals surface area contributed by atoms with E-state index in [4.69, 9.17) is 11.6 Å². The third-order valence-electron chi connectivity index (χ3n) is 4.08. The minimum Gasteiger partial charge on any atom is -0.375 e. The molecule has 1 atom stereocenters. The third kappa shape index (κ3) is 2.88. The predicted molar refractivity (Wildman–Crippen MR) is 96.0 cm³/mol. The molecule has 1 amide bonds. The summed E-state index contributed by atoms with van der Waals surface area (Å²) < 4.78 is 0.732. The van der Waals surface area contributed by atoms with Crippen molar-refractivity contribution in [2.75, 3.05) is 4.90 Å². The highest BCUT2D eigenvalue weighted by Gasteiger charge is 2.50. The summed E-state index contributed by atoms with van der Waals surface area (Å²) in [6.45, 7) is 1.59. The fraction of sp³-hybridized carbons (Fsp3) is 0.222. The fourth-order valence-electron chi connectivity index (χ4n) is 3.01. The van der Waals surface area contributed by atoms with Gasteiger partial charge in [-0.15, -0.1) is 0 Å².